The van der Waals surface area contributed by atoms with Gasteiger partial charge in [-0.3, -0.25) is 9.89 Å². The highest BCUT2D eigenvalue weighted by Gasteiger charge is 2.27. The maximum Gasteiger partial charge on any atom is 0.291 e. The zero-order valence-electron chi connectivity index (χ0n) is 11.7. The largest absolute Gasteiger partial charge is 0.472 e. The van der Waals surface area contributed by atoms with Crippen LogP contribution >= 0.6 is 0 Å². The number of aromatic amines is 1. The van der Waals surface area contributed by atoms with Crippen LogP contribution in [0.1, 0.15) is 29.3 Å². The number of aryl methyl sites for hydroxylation is 1. The molecule has 8 nitrogen and oxygen atoms in total. The lowest BCUT2D eigenvalue weighted by Gasteiger charge is -2.32. The number of aromatic nitrogens is 5. The maximum atomic E-state index is 12.2. The van der Waals surface area contributed by atoms with Crippen LogP contribution in [0.25, 0.3) is 0 Å². The second-order valence-corrected chi connectivity index (χ2v) is 4.91. The van der Waals surface area contributed by atoms with Gasteiger partial charge in [-0.2, -0.15) is 10.1 Å². The van der Waals surface area contributed by atoms with Crippen LogP contribution in [0.15, 0.2) is 18.6 Å². The zero-order chi connectivity index (χ0) is 14.7. The lowest BCUT2D eigenvalue weighted by atomic mass is 10.1. The third-order valence-electron chi connectivity index (χ3n) is 3.32. The zero-order valence-corrected chi connectivity index (χ0v) is 11.7. The van der Waals surface area contributed by atoms with Crippen molar-refractivity contribution in [3.05, 3.63) is 30.2 Å². The average molecular weight is 288 g/mol. The summed E-state index contributed by atoms with van der Waals surface area (Å²) in [5.74, 6) is 1.31. The Kier molecular flexibility index (Phi) is 3.76. The van der Waals surface area contributed by atoms with E-state index in [9.17, 15) is 4.79 Å². The van der Waals surface area contributed by atoms with Crippen LogP contribution in [-0.4, -0.2) is 55.1 Å². The van der Waals surface area contributed by atoms with Crippen LogP contribution in [0, 0.1) is 6.92 Å². The summed E-state index contributed by atoms with van der Waals surface area (Å²) < 4.78 is 5.84. The fraction of sp³-hybridized carbons (Fsp3) is 0.462. The molecule has 2 aromatic rings. The summed E-state index contributed by atoms with van der Waals surface area (Å²) in [7, 11) is 0. The van der Waals surface area contributed by atoms with Gasteiger partial charge >= 0.3 is 0 Å². The van der Waals surface area contributed by atoms with Crippen LogP contribution in [0.2, 0.25) is 0 Å². The van der Waals surface area contributed by atoms with Crippen LogP contribution in [-0.2, 0) is 0 Å². The van der Waals surface area contributed by atoms with Crippen molar-refractivity contribution in [3.8, 4) is 5.88 Å². The second-order valence-electron chi connectivity index (χ2n) is 4.91. The quantitative estimate of drug-likeness (QED) is 0.887. The summed E-state index contributed by atoms with van der Waals surface area (Å²) in [6.45, 7) is 3.03. The fourth-order valence-corrected chi connectivity index (χ4v) is 2.35. The van der Waals surface area contributed by atoms with Crippen LogP contribution in [0.3, 0.4) is 0 Å². The molecule has 110 valence electrons. The van der Waals surface area contributed by atoms with Crippen molar-refractivity contribution in [1.29, 1.82) is 0 Å². The van der Waals surface area contributed by atoms with E-state index in [1.54, 1.807) is 17.2 Å². The number of nitrogens with zero attached hydrogens (tertiary/aromatic N) is 5. The first kappa shape index (κ1) is 13.5. The van der Waals surface area contributed by atoms with Crippen molar-refractivity contribution in [2.45, 2.75) is 25.9 Å². The van der Waals surface area contributed by atoms with Gasteiger partial charge in [-0.15, -0.1) is 0 Å². The molecule has 0 radical (unpaired) electrons. The molecule has 0 bridgehead atoms. The maximum absolute atomic E-state index is 12.2. The van der Waals surface area contributed by atoms with E-state index in [0.717, 1.165) is 12.8 Å². The van der Waals surface area contributed by atoms with Crippen LogP contribution in [0.5, 0.6) is 5.88 Å². The molecule has 1 aliphatic heterocycles. The molecule has 21 heavy (non-hydrogen) atoms. The van der Waals surface area contributed by atoms with Crippen LogP contribution < -0.4 is 4.74 Å². The van der Waals surface area contributed by atoms with Gasteiger partial charge in [-0.1, -0.05) is 0 Å². The summed E-state index contributed by atoms with van der Waals surface area (Å²) in [4.78, 5) is 26.1. The van der Waals surface area contributed by atoms with Crippen molar-refractivity contribution in [2.24, 2.45) is 0 Å². The van der Waals surface area contributed by atoms with E-state index in [1.807, 2.05) is 6.92 Å². The molecule has 0 aliphatic carbocycles. The Hall–Kier alpha value is -2.51. The molecule has 1 fully saturated rings. The monoisotopic (exact) mass is 288 g/mol. The van der Waals surface area contributed by atoms with Crippen molar-refractivity contribution >= 4 is 5.91 Å². The van der Waals surface area contributed by atoms with Gasteiger partial charge in [0.1, 0.15) is 18.3 Å². The van der Waals surface area contributed by atoms with E-state index in [0.29, 0.717) is 24.8 Å². The lowest BCUT2D eigenvalue weighted by molar-refractivity contribution is 0.0516. The van der Waals surface area contributed by atoms with E-state index in [4.69, 9.17) is 4.74 Å². The predicted molar refractivity (Wildman–Crippen MR) is 72.7 cm³/mol. The molecular formula is C13H16N6O2. The van der Waals surface area contributed by atoms with Crippen molar-refractivity contribution in [1.82, 2.24) is 30.0 Å². The molecule has 1 amide bonds. The molecule has 0 aromatic carbocycles. The number of likely N-dealkylation sites (tertiary alicyclic amines) is 1. The molecule has 1 saturated heterocycles. The standard InChI is InChI=1S/C13H16N6O2/c1-9-14-5-4-11(17-9)21-10-3-2-6-19(7-10)13(20)12-15-8-16-18-12/h4-5,8,10H,2-3,6-7H2,1H3,(H,15,16,18). The normalized spacial score (nSPS) is 18.5. The minimum atomic E-state index is -0.153. The molecule has 1 N–H and O–H groups in total. The van der Waals surface area contributed by atoms with Crippen molar-refractivity contribution < 1.29 is 9.53 Å². The number of piperidine rings is 1. The van der Waals surface area contributed by atoms with Gasteiger partial charge in [0, 0.05) is 18.8 Å². The minimum Gasteiger partial charge on any atom is -0.472 e. The Morgan fingerprint density at radius 2 is 2.38 bits per heavy atom. The molecule has 8 heteroatoms. The molecule has 0 saturated carbocycles. The minimum absolute atomic E-state index is 0.0695. The number of carbonyl (C=O) groups is 1. The first-order valence-electron chi connectivity index (χ1n) is 6.83. The number of carbonyl (C=O) groups excluding carboxylic acids is 1. The van der Waals surface area contributed by atoms with Gasteiger partial charge in [0.15, 0.2) is 0 Å². The molecule has 1 unspecified atom stereocenters. The van der Waals surface area contributed by atoms with Gasteiger partial charge in [0.05, 0.1) is 6.54 Å². The number of hydrogen-bond donors (Lipinski definition) is 1. The smallest absolute Gasteiger partial charge is 0.291 e. The Morgan fingerprint density at radius 3 is 3.14 bits per heavy atom. The summed E-state index contributed by atoms with van der Waals surface area (Å²) in [5.41, 5.74) is 0. The summed E-state index contributed by atoms with van der Waals surface area (Å²) >= 11 is 0. The number of nitrogens with one attached hydrogen (secondary N) is 1. The van der Waals surface area contributed by atoms with Gasteiger partial charge in [-0.25, -0.2) is 9.97 Å². The SMILES string of the molecule is Cc1nccc(OC2CCCN(C(=O)c3ncn[nH]3)C2)n1. The Bertz CT molecular complexity index is 615. The lowest BCUT2D eigenvalue weighted by Crippen LogP contribution is -2.44. The highest BCUT2D eigenvalue weighted by Crippen LogP contribution is 2.17. The van der Waals surface area contributed by atoms with Gasteiger partial charge in [-0.05, 0) is 19.8 Å². The van der Waals surface area contributed by atoms with E-state index >= 15 is 0 Å². The van der Waals surface area contributed by atoms with Gasteiger partial charge in [0.25, 0.3) is 5.91 Å². The molecule has 0 spiro atoms. The van der Waals surface area contributed by atoms with Gasteiger partial charge in [0.2, 0.25) is 11.7 Å². The third-order valence-corrected chi connectivity index (χ3v) is 3.32. The Morgan fingerprint density at radius 1 is 1.48 bits per heavy atom. The first-order valence-corrected chi connectivity index (χ1v) is 6.83. The summed E-state index contributed by atoms with van der Waals surface area (Å²) in [6, 6.07) is 1.73. The average Bonchev–Trinajstić information content (AvgIpc) is 3.01. The molecule has 3 heterocycles. The number of H-pyrrole nitrogens is 1. The predicted octanol–water partition coefficient (Wildman–Crippen LogP) is 0.587. The van der Waals surface area contributed by atoms with E-state index in [-0.39, 0.29) is 17.8 Å². The van der Waals surface area contributed by atoms with Gasteiger partial charge < -0.3 is 9.64 Å². The van der Waals surface area contributed by atoms with Crippen LogP contribution in [0.4, 0.5) is 0 Å². The number of ether oxygens (including phenoxy) is 1. The Balaban J connectivity index is 1.64. The molecule has 1 aliphatic rings. The number of amides is 1. The van der Waals surface area contributed by atoms with Crippen molar-refractivity contribution in [2.75, 3.05) is 13.1 Å². The number of hydrogen-bond acceptors (Lipinski definition) is 6. The summed E-state index contributed by atoms with van der Waals surface area (Å²) in [5, 5.41) is 6.30. The Labute approximate surface area is 121 Å². The van der Waals surface area contributed by atoms with Crippen molar-refractivity contribution in [3.63, 3.8) is 0 Å². The van der Waals surface area contributed by atoms with E-state index in [2.05, 4.69) is 25.1 Å². The number of rotatable bonds is 3. The summed E-state index contributed by atoms with van der Waals surface area (Å²) in [6.07, 6.45) is 4.70. The molecule has 1 atom stereocenters. The third kappa shape index (κ3) is 3.15. The second kappa shape index (κ2) is 5.86. The fourth-order valence-electron chi connectivity index (χ4n) is 2.35. The highest BCUT2D eigenvalue weighted by atomic mass is 16.5. The highest BCUT2D eigenvalue weighted by molar-refractivity contribution is 5.90. The van der Waals surface area contributed by atoms with E-state index < -0.39 is 0 Å². The first-order chi connectivity index (χ1) is 10.2. The molecule has 2 aromatic heterocycles. The molecule has 3 rings (SSSR count). The van der Waals surface area contributed by atoms with E-state index in [1.165, 1.54) is 6.33 Å². The topological polar surface area (TPSA) is 96.9 Å². The molecular weight excluding hydrogens is 272 g/mol.